The Morgan fingerprint density at radius 1 is 1.36 bits per heavy atom. The summed E-state index contributed by atoms with van der Waals surface area (Å²) < 4.78 is 4.97. The van der Waals surface area contributed by atoms with E-state index in [4.69, 9.17) is 4.74 Å². The predicted octanol–water partition coefficient (Wildman–Crippen LogP) is 2.20. The number of para-hydroxylation sites is 1. The Bertz CT molecular complexity index is 947. The number of hydrogen-bond acceptors (Lipinski definition) is 5. The summed E-state index contributed by atoms with van der Waals surface area (Å²) in [7, 11) is 1.36. The van der Waals surface area contributed by atoms with Gasteiger partial charge in [-0.05, 0) is 18.1 Å². The fraction of sp³-hybridized carbons (Fsp3) is 0.409. The van der Waals surface area contributed by atoms with Crippen LogP contribution in [0.3, 0.4) is 0 Å². The van der Waals surface area contributed by atoms with Crippen molar-refractivity contribution in [3.05, 3.63) is 60.0 Å². The number of benzene rings is 1. The molecule has 2 aliphatic rings. The summed E-state index contributed by atoms with van der Waals surface area (Å²) in [6.07, 6.45) is 7.45. The summed E-state index contributed by atoms with van der Waals surface area (Å²) in [5.41, 5.74) is 2.17. The molecule has 0 radical (unpaired) electrons. The largest absolute Gasteiger partial charge is 0.466 e. The van der Waals surface area contributed by atoms with Gasteiger partial charge in [0.2, 0.25) is 0 Å². The van der Waals surface area contributed by atoms with E-state index in [0.717, 1.165) is 16.5 Å². The lowest BCUT2D eigenvalue weighted by molar-refractivity contribution is -0.139. The van der Waals surface area contributed by atoms with Crippen molar-refractivity contribution in [3.63, 3.8) is 0 Å². The van der Waals surface area contributed by atoms with Gasteiger partial charge in [0.25, 0.3) is 0 Å². The average Bonchev–Trinajstić information content (AvgIpc) is 3.29. The quantitative estimate of drug-likeness (QED) is 0.545. The number of nitrogens with one attached hydrogen (secondary N) is 1. The molecule has 0 spiro atoms. The monoisotopic (exact) mass is 382 g/mol. The molecule has 1 aromatic carbocycles. The normalized spacial score (nSPS) is 29.1. The van der Waals surface area contributed by atoms with Gasteiger partial charge >= 0.3 is 5.97 Å². The zero-order valence-corrected chi connectivity index (χ0v) is 16.1. The van der Waals surface area contributed by atoms with Gasteiger partial charge in [-0.3, -0.25) is 0 Å². The van der Waals surface area contributed by atoms with Crippen molar-refractivity contribution < 1.29 is 19.7 Å². The molecular formula is C22H26N2O4. The lowest BCUT2D eigenvalue weighted by atomic mass is 9.71. The first-order chi connectivity index (χ1) is 13.5. The Balaban J connectivity index is 1.62. The van der Waals surface area contributed by atoms with Gasteiger partial charge in [0, 0.05) is 47.1 Å². The summed E-state index contributed by atoms with van der Waals surface area (Å²) in [5.74, 6) is -0.964. The molecule has 0 saturated carbocycles. The molecule has 4 rings (SSSR count). The topological polar surface area (TPSA) is 85.8 Å². The van der Waals surface area contributed by atoms with Crippen molar-refractivity contribution in [1.29, 1.82) is 0 Å². The van der Waals surface area contributed by atoms with E-state index in [1.807, 2.05) is 43.5 Å². The van der Waals surface area contributed by atoms with Crippen LogP contribution in [0.1, 0.15) is 12.5 Å². The first-order valence-electron chi connectivity index (χ1n) is 9.57. The Morgan fingerprint density at radius 2 is 2.14 bits per heavy atom. The lowest BCUT2D eigenvalue weighted by Gasteiger charge is -2.44. The first-order valence-corrected chi connectivity index (χ1v) is 9.57. The third kappa shape index (κ3) is 2.93. The van der Waals surface area contributed by atoms with Crippen LogP contribution in [0.2, 0.25) is 0 Å². The van der Waals surface area contributed by atoms with Crippen molar-refractivity contribution in [2.24, 2.45) is 17.3 Å². The van der Waals surface area contributed by atoms with E-state index in [1.165, 1.54) is 7.11 Å². The molecule has 0 saturated heterocycles. The van der Waals surface area contributed by atoms with Crippen LogP contribution in [0.15, 0.2) is 54.4 Å². The predicted molar refractivity (Wildman–Crippen MR) is 106 cm³/mol. The molecule has 1 aliphatic heterocycles. The number of nitrogens with zero attached hydrogens (tertiary/aromatic N) is 1. The number of allylic oxidation sites excluding steroid dienone is 1. The van der Waals surface area contributed by atoms with Gasteiger partial charge < -0.3 is 24.8 Å². The SMILES string of the molecule is COC(=O)C1=CN(CCc2c[nH]c3ccccc23)C(O)C2[C@@H]1C=CC2(C)CO. The van der Waals surface area contributed by atoms with Crippen LogP contribution in [0.25, 0.3) is 10.9 Å². The molecule has 148 valence electrons. The number of aromatic nitrogens is 1. The molecule has 0 bridgehead atoms. The minimum Gasteiger partial charge on any atom is -0.466 e. The second kappa shape index (κ2) is 7.11. The summed E-state index contributed by atoms with van der Waals surface area (Å²) in [4.78, 5) is 17.4. The van der Waals surface area contributed by atoms with Crippen molar-refractivity contribution in [1.82, 2.24) is 9.88 Å². The number of carbonyl (C=O) groups excluding carboxylic acids is 1. The Labute approximate surface area is 164 Å². The standard InChI is InChI=1S/C22H26N2O4/c1-22(13-25)9-7-16-17(21(27)28-2)12-24(20(26)19(16)22)10-8-14-11-23-18-6-4-3-5-15(14)18/h3-7,9,11-12,16,19-20,23,25-26H,8,10,13H2,1-2H3/t16-,19?,20?,22?/m1/s1. The molecule has 28 heavy (non-hydrogen) atoms. The second-order valence-corrected chi connectivity index (χ2v) is 7.91. The van der Waals surface area contributed by atoms with Crippen molar-refractivity contribution in [2.45, 2.75) is 19.6 Å². The molecular weight excluding hydrogens is 356 g/mol. The van der Waals surface area contributed by atoms with E-state index in [9.17, 15) is 15.0 Å². The Hall–Kier alpha value is -2.57. The van der Waals surface area contributed by atoms with Crippen LogP contribution < -0.4 is 0 Å². The average molecular weight is 382 g/mol. The number of carbonyl (C=O) groups is 1. The highest BCUT2D eigenvalue weighted by Gasteiger charge is 2.51. The number of hydrogen-bond donors (Lipinski definition) is 3. The molecule has 1 aromatic heterocycles. The van der Waals surface area contributed by atoms with Gasteiger partial charge in [-0.25, -0.2) is 4.79 Å². The molecule has 0 fully saturated rings. The second-order valence-electron chi connectivity index (χ2n) is 7.91. The van der Waals surface area contributed by atoms with Gasteiger partial charge in [-0.2, -0.15) is 0 Å². The molecule has 3 unspecified atom stereocenters. The zero-order chi connectivity index (χ0) is 19.9. The van der Waals surface area contributed by atoms with E-state index in [-0.39, 0.29) is 18.4 Å². The smallest absolute Gasteiger partial charge is 0.335 e. The minimum absolute atomic E-state index is 0.0908. The number of ether oxygens (including phenoxy) is 1. The highest BCUT2D eigenvalue weighted by atomic mass is 16.5. The first kappa shape index (κ1) is 18.8. The highest BCUT2D eigenvalue weighted by molar-refractivity contribution is 5.89. The Kier molecular flexibility index (Phi) is 4.77. The zero-order valence-electron chi connectivity index (χ0n) is 16.1. The maximum Gasteiger partial charge on any atom is 0.335 e. The van der Waals surface area contributed by atoms with Crippen LogP contribution in [0.5, 0.6) is 0 Å². The van der Waals surface area contributed by atoms with Crippen LogP contribution in [0, 0.1) is 17.3 Å². The van der Waals surface area contributed by atoms with Gasteiger partial charge in [-0.15, -0.1) is 0 Å². The highest BCUT2D eigenvalue weighted by Crippen LogP contribution is 2.49. The van der Waals surface area contributed by atoms with E-state index in [1.54, 1.807) is 11.1 Å². The molecule has 2 heterocycles. The number of aromatic amines is 1. The van der Waals surface area contributed by atoms with Crippen LogP contribution in [-0.4, -0.2) is 52.6 Å². The molecule has 6 nitrogen and oxygen atoms in total. The van der Waals surface area contributed by atoms with Crippen LogP contribution >= 0.6 is 0 Å². The summed E-state index contributed by atoms with van der Waals surface area (Å²) >= 11 is 0. The Morgan fingerprint density at radius 3 is 2.89 bits per heavy atom. The van der Waals surface area contributed by atoms with Crippen molar-refractivity contribution in [3.8, 4) is 0 Å². The van der Waals surface area contributed by atoms with Crippen molar-refractivity contribution in [2.75, 3.05) is 20.3 Å². The van der Waals surface area contributed by atoms with Gasteiger partial charge in [0.1, 0.15) is 6.23 Å². The number of aliphatic hydroxyl groups excluding tert-OH is 2. The summed E-state index contributed by atoms with van der Waals surface area (Å²) in [6.45, 7) is 2.37. The number of H-pyrrole nitrogens is 1. The maximum absolute atomic E-state index is 12.4. The van der Waals surface area contributed by atoms with Gasteiger partial charge in [0.05, 0.1) is 19.3 Å². The lowest BCUT2D eigenvalue weighted by Crippen LogP contribution is -2.51. The van der Waals surface area contributed by atoms with E-state index >= 15 is 0 Å². The van der Waals surface area contributed by atoms with Crippen LogP contribution in [0.4, 0.5) is 0 Å². The third-order valence-corrected chi connectivity index (χ3v) is 6.23. The van der Waals surface area contributed by atoms with Crippen molar-refractivity contribution >= 4 is 16.9 Å². The van der Waals surface area contributed by atoms with Gasteiger partial charge in [-0.1, -0.05) is 37.3 Å². The molecule has 6 heteroatoms. The minimum atomic E-state index is -0.796. The van der Waals surface area contributed by atoms with Crippen LogP contribution in [-0.2, 0) is 16.0 Å². The number of fused-ring (bicyclic) bond motifs is 2. The van der Waals surface area contributed by atoms with E-state index < -0.39 is 17.6 Å². The van der Waals surface area contributed by atoms with E-state index in [0.29, 0.717) is 18.5 Å². The summed E-state index contributed by atoms with van der Waals surface area (Å²) in [5, 5.41) is 22.2. The van der Waals surface area contributed by atoms with Gasteiger partial charge in [0.15, 0.2) is 0 Å². The number of aliphatic hydroxyl groups is 2. The third-order valence-electron chi connectivity index (χ3n) is 6.23. The van der Waals surface area contributed by atoms with E-state index in [2.05, 4.69) is 11.1 Å². The number of rotatable bonds is 5. The fourth-order valence-corrected chi connectivity index (χ4v) is 4.58. The number of esters is 1. The molecule has 1 aliphatic carbocycles. The summed E-state index contributed by atoms with van der Waals surface area (Å²) in [6, 6.07) is 8.10. The molecule has 3 N–H and O–H groups in total. The molecule has 4 atom stereocenters. The number of methoxy groups -OCH3 is 1. The molecule has 2 aromatic rings. The molecule has 0 amide bonds. The fourth-order valence-electron chi connectivity index (χ4n) is 4.58. The maximum atomic E-state index is 12.4.